The number of rotatable bonds is 11. The lowest BCUT2D eigenvalue weighted by molar-refractivity contribution is -0.0500. The number of sulfonamides is 3. The van der Waals surface area contributed by atoms with Crippen molar-refractivity contribution in [2.24, 2.45) is 0 Å². The van der Waals surface area contributed by atoms with Gasteiger partial charge in [-0.3, -0.25) is 14.2 Å². The summed E-state index contributed by atoms with van der Waals surface area (Å²) in [5.74, 6) is 0.893. The lowest BCUT2D eigenvalue weighted by Crippen LogP contribution is -2.28. The summed E-state index contributed by atoms with van der Waals surface area (Å²) in [6.07, 6.45) is 1.65. The molecular weight excluding hydrogens is 1190 g/mol. The van der Waals surface area contributed by atoms with Crippen molar-refractivity contribution in [2.45, 2.75) is 23.8 Å². The molecule has 86 heavy (non-hydrogen) atoms. The predicted molar refractivity (Wildman–Crippen MR) is 320 cm³/mol. The summed E-state index contributed by atoms with van der Waals surface area (Å²) in [6, 6.07) is 59.8. The normalized spacial score (nSPS) is 15.4. The topological polar surface area (TPSA) is 254 Å². The fourth-order valence-corrected chi connectivity index (χ4v) is 12.2. The van der Waals surface area contributed by atoms with Crippen LogP contribution in [0, 0.1) is 11.3 Å². The van der Waals surface area contributed by atoms with Crippen LogP contribution in [0.4, 0.5) is 30.2 Å². The van der Waals surface area contributed by atoms with Gasteiger partial charge in [0.25, 0.3) is 0 Å². The van der Waals surface area contributed by atoms with Crippen molar-refractivity contribution in [1.29, 1.82) is 5.26 Å². The molecule has 0 spiro atoms. The molecule has 9 aromatic carbocycles. The minimum Gasteiger partial charge on any atom is -0.507 e. The van der Waals surface area contributed by atoms with Crippen molar-refractivity contribution >= 4 is 57.3 Å². The quantitative estimate of drug-likeness (QED) is 0.0694. The first-order valence-electron chi connectivity index (χ1n) is 25.7. The number of ether oxygens (including phenoxy) is 3. The van der Waals surface area contributed by atoms with E-state index in [4.69, 9.17) is 14.2 Å². The Hall–Kier alpha value is -9.54. The predicted octanol–water partition coefficient (Wildman–Crippen LogP) is 12.4. The monoisotopic (exact) mass is 1240 g/mol. The summed E-state index contributed by atoms with van der Waals surface area (Å²) in [5.41, 5.74) is 3.94. The second-order valence-electron chi connectivity index (χ2n) is 19.8. The summed E-state index contributed by atoms with van der Waals surface area (Å²) < 4.78 is 162. The Morgan fingerprint density at radius 3 is 1.19 bits per heavy atom. The Kier molecular flexibility index (Phi) is 16.3. The second-order valence-corrected chi connectivity index (χ2v) is 26.6. The zero-order chi connectivity index (χ0) is 61.3. The lowest BCUT2D eigenvalue weighted by Gasteiger charge is -2.30. The molecule has 3 unspecified atom stereocenters. The van der Waals surface area contributed by atoms with Gasteiger partial charge in [0.15, 0.2) is 5.75 Å². The third-order valence-electron chi connectivity index (χ3n) is 13.4. The number of hydrogen-bond donors (Lipinski definition) is 4. The van der Waals surface area contributed by atoms with Crippen molar-refractivity contribution in [3.05, 3.63) is 239 Å². The molecule has 9 aromatic rings. The van der Waals surface area contributed by atoms with Crippen LogP contribution in [0.1, 0.15) is 57.3 Å². The standard InChI is InChI=1S/C21H16F3NO6S2.C21H16N2O3S.C20H17NO4S/c1-32(26,27)25-14-10-11-15-16(12-14)20(13-6-3-2-4-7-13)30-17-8-5-9-18(19(15)17)31-33(28,29)21(22,23)24;1-27(24,25)23-16-10-11-17-18(12-16)21(14-6-3-2-4-7-14)26-19-9-5-8-15(13-22)20(17)19;1-26(23,24)21-14-10-11-15-16(12-14)20(13-6-3-2-4-7-13)25-18-9-5-8-17(22)19(15)18/h2-12,20,25H,1H3;2-12,21,23H,1H3;2-12,20-22H,1H3. The largest absolute Gasteiger partial charge is 0.534 e. The minimum atomic E-state index is -5.93. The number of benzene rings is 9. The van der Waals surface area contributed by atoms with Gasteiger partial charge in [0.05, 0.1) is 41.5 Å². The maximum atomic E-state index is 12.9. The van der Waals surface area contributed by atoms with Gasteiger partial charge in [-0.1, -0.05) is 127 Å². The molecule has 0 aromatic heterocycles. The highest BCUT2D eigenvalue weighted by Crippen LogP contribution is 2.52. The van der Waals surface area contributed by atoms with E-state index < -0.39 is 69.8 Å². The first kappa shape index (κ1) is 59.6. The average molecular weight is 1240 g/mol. The number of fused-ring (bicyclic) bond motifs is 9. The van der Waals surface area contributed by atoms with Gasteiger partial charge >= 0.3 is 15.6 Å². The molecule has 0 saturated carbocycles. The molecule has 0 bridgehead atoms. The molecule has 12 rings (SSSR count). The molecule has 0 saturated heterocycles. The summed E-state index contributed by atoms with van der Waals surface area (Å²) in [7, 11) is -16.3. The van der Waals surface area contributed by atoms with Gasteiger partial charge in [-0.25, -0.2) is 25.3 Å². The van der Waals surface area contributed by atoms with Crippen LogP contribution in [-0.2, 0) is 40.2 Å². The number of alkyl halides is 3. The number of aromatic hydroxyl groups is 1. The van der Waals surface area contributed by atoms with Crippen LogP contribution in [0.5, 0.6) is 28.7 Å². The van der Waals surface area contributed by atoms with E-state index in [9.17, 15) is 57.2 Å². The molecule has 3 aliphatic rings. The molecular formula is C62H49F3N4O13S4. The third-order valence-corrected chi connectivity index (χ3v) is 16.2. The minimum absolute atomic E-state index is 0.00147. The van der Waals surface area contributed by atoms with Gasteiger partial charge in [0.1, 0.15) is 41.3 Å². The van der Waals surface area contributed by atoms with Gasteiger partial charge in [-0.2, -0.15) is 26.9 Å². The molecule has 0 radical (unpaired) electrons. The highest BCUT2D eigenvalue weighted by molar-refractivity contribution is 7.92. The maximum Gasteiger partial charge on any atom is 0.534 e. The lowest BCUT2D eigenvalue weighted by atomic mass is 9.87. The van der Waals surface area contributed by atoms with Gasteiger partial charge in [-0.15, -0.1) is 0 Å². The van der Waals surface area contributed by atoms with E-state index in [0.29, 0.717) is 50.7 Å². The zero-order valence-electron chi connectivity index (χ0n) is 45.3. The smallest absolute Gasteiger partial charge is 0.507 e. The number of phenolic OH excluding ortho intramolecular Hbond substituents is 1. The highest BCUT2D eigenvalue weighted by Gasteiger charge is 2.49. The average Bonchev–Trinajstić information content (AvgIpc) is 0.853. The van der Waals surface area contributed by atoms with Crippen LogP contribution < -0.4 is 32.6 Å². The second kappa shape index (κ2) is 23.5. The van der Waals surface area contributed by atoms with E-state index in [-0.39, 0.29) is 22.7 Å². The molecule has 3 atom stereocenters. The maximum absolute atomic E-state index is 12.9. The van der Waals surface area contributed by atoms with Crippen molar-refractivity contribution in [2.75, 3.05) is 32.9 Å². The fraction of sp³-hybridized carbons (Fsp3) is 0.113. The number of nitrogens with zero attached hydrogens (tertiary/aromatic N) is 1. The fourth-order valence-electron chi connectivity index (χ4n) is 10.1. The van der Waals surface area contributed by atoms with Crippen LogP contribution in [0.3, 0.4) is 0 Å². The summed E-state index contributed by atoms with van der Waals surface area (Å²) in [4.78, 5) is 0. The van der Waals surface area contributed by atoms with Crippen molar-refractivity contribution in [1.82, 2.24) is 0 Å². The Labute approximate surface area is 494 Å². The summed E-state index contributed by atoms with van der Waals surface area (Å²) in [6.45, 7) is 0. The molecule has 0 fully saturated rings. The van der Waals surface area contributed by atoms with Crippen LogP contribution in [0.2, 0.25) is 0 Å². The number of halogens is 3. The van der Waals surface area contributed by atoms with E-state index >= 15 is 0 Å². The molecule has 3 heterocycles. The van der Waals surface area contributed by atoms with E-state index in [2.05, 4.69) is 24.4 Å². The Morgan fingerprint density at radius 2 is 0.802 bits per heavy atom. The van der Waals surface area contributed by atoms with E-state index in [1.807, 2.05) is 78.9 Å². The summed E-state index contributed by atoms with van der Waals surface area (Å²) >= 11 is 0. The van der Waals surface area contributed by atoms with Crippen molar-refractivity contribution in [3.63, 3.8) is 0 Å². The van der Waals surface area contributed by atoms with Crippen LogP contribution >= 0.6 is 0 Å². The Bertz CT molecular complexity index is 4600. The van der Waals surface area contributed by atoms with Gasteiger partial charge in [0.2, 0.25) is 30.1 Å². The van der Waals surface area contributed by atoms with Gasteiger partial charge in [-0.05, 0) is 106 Å². The SMILES string of the molecule is CS(=O)(=O)Nc1ccc2c(c1)C(c1ccccc1)Oc1cccc(C#N)c1-2.CS(=O)(=O)Nc1ccc2c(c1)C(c1ccccc1)Oc1cccc(O)c1-2.CS(=O)(=O)Nc1ccc2c(c1)C(c1ccccc1)Oc1cccc(OS(=O)(=O)C(F)(F)F)c1-2. The number of phenols is 1. The molecule has 3 aliphatic heterocycles. The van der Waals surface area contributed by atoms with E-state index in [0.717, 1.165) is 63.8 Å². The first-order chi connectivity index (χ1) is 40.7. The van der Waals surface area contributed by atoms with Crippen molar-refractivity contribution in [3.8, 4) is 68.2 Å². The number of nitrogens with one attached hydrogen (secondary N) is 3. The number of hydrogen-bond acceptors (Lipinski definition) is 14. The Morgan fingerprint density at radius 1 is 0.453 bits per heavy atom. The molecule has 0 aliphatic carbocycles. The first-order valence-corrected chi connectivity index (χ1v) is 32.8. The van der Waals surface area contributed by atoms with Crippen molar-refractivity contribution < 1.29 is 70.3 Å². The van der Waals surface area contributed by atoms with Gasteiger partial charge in [0, 0.05) is 39.3 Å². The number of nitriles is 1. The molecule has 17 nitrogen and oxygen atoms in total. The van der Waals surface area contributed by atoms with Crippen LogP contribution in [0.25, 0.3) is 33.4 Å². The summed E-state index contributed by atoms with van der Waals surface area (Å²) in [5, 5.41) is 19.8. The molecule has 0 amide bonds. The molecule has 24 heteroatoms. The Balaban J connectivity index is 0.000000144. The van der Waals surface area contributed by atoms with Crippen LogP contribution in [0.15, 0.2) is 200 Å². The zero-order valence-corrected chi connectivity index (χ0v) is 48.6. The van der Waals surface area contributed by atoms with Gasteiger partial charge < -0.3 is 23.5 Å². The van der Waals surface area contributed by atoms with E-state index in [1.165, 1.54) is 30.3 Å². The van der Waals surface area contributed by atoms with E-state index in [1.54, 1.807) is 84.9 Å². The molecule has 4 N–H and O–H groups in total. The highest BCUT2D eigenvalue weighted by atomic mass is 32.2. The molecule has 440 valence electrons. The third kappa shape index (κ3) is 13.2. The number of anilines is 3. The van der Waals surface area contributed by atoms with Crippen LogP contribution in [-0.4, -0.2) is 63.1 Å².